The van der Waals surface area contributed by atoms with Gasteiger partial charge in [-0.15, -0.1) is 0 Å². The van der Waals surface area contributed by atoms with Gasteiger partial charge in [-0.2, -0.15) is 0 Å². The number of aryl methyl sites for hydroxylation is 2. The van der Waals surface area contributed by atoms with Crippen LogP contribution in [0.2, 0.25) is 10.0 Å². The highest BCUT2D eigenvalue weighted by Crippen LogP contribution is 2.35. The Bertz CT molecular complexity index is 836. The molecule has 1 saturated heterocycles. The van der Waals surface area contributed by atoms with Crippen LogP contribution in [0.5, 0.6) is 0 Å². The van der Waals surface area contributed by atoms with Crippen molar-refractivity contribution in [3.8, 4) is 0 Å². The molecule has 2 aromatic carbocycles. The topological polar surface area (TPSA) is 49.4 Å². The molecule has 0 radical (unpaired) electrons. The quantitative estimate of drug-likeness (QED) is 0.825. The summed E-state index contributed by atoms with van der Waals surface area (Å²) in [6, 6.07) is 10.1. The lowest BCUT2D eigenvalue weighted by Gasteiger charge is -2.18. The lowest BCUT2D eigenvalue weighted by molar-refractivity contribution is -0.121. The minimum absolute atomic E-state index is 0.0780. The molecule has 1 atom stereocenters. The lowest BCUT2D eigenvalue weighted by Crippen LogP contribution is -2.35. The van der Waals surface area contributed by atoms with E-state index in [1.165, 1.54) is 5.56 Å². The maximum atomic E-state index is 12.7. The Balaban J connectivity index is 1.86. The van der Waals surface area contributed by atoms with Gasteiger partial charge in [0.05, 0.1) is 22.2 Å². The van der Waals surface area contributed by atoms with E-state index in [1.807, 2.05) is 32.0 Å². The van der Waals surface area contributed by atoms with Crippen molar-refractivity contribution in [2.24, 2.45) is 0 Å². The minimum Gasteiger partial charge on any atom is -0.373 e. The van der Waals surface area contributed by atoms with Crippen LogP contribution in [-0.4, -0.2) is 17.9 Å². The van der Waals surface area contributed by atoms with Gasteiger partial charge in [0.25, 0.3) is 5.91 Å². The highest BCUT2D eigenvalue weighted by Gasteiger charge is 2.40. The third-order valence-corrected chi connectivity index (χ3v) is 4.98. The van der Waals surface area contributed by atoms with Crippen LogP contribution in [0.15, 0.2) is 36.4 Å². The van der Waals surface area contributed by atoms with Gasteiger partial charge in [0, 0.05) is 5.69 Å². The SMILES string of the molecule is Cc1ccc(NC2CC(=O)N(c3cccc(Cl)c3Cl)C2=O)cc1C. The molecule has 1 heterocycles. The first-order valence-corrected chi connectivity index (χ1v) is 8.28. The van der Waals surface area contributed by atoms with Gasteiger partial charge in [0.1, 0.15) is 6.04 Å². The fourth-order valence-corrected chi connectivity index (χ4v) is 3.08. The molecular weight excluding hydrogens is 347 g/mol. The normalized spacial score (nSPS) is 17.5. The van der Waals surface area contributed by atoms with Crippen LogP contribution < -0.4 is 10.2 Å². The summed E-state index contributed by atoms with van der Waals surface area (Å²) in [5, 5.41) is 3.64. The number of rotatable bonds is 3. The minimum atomic E-state index is -0.616. The van der Waals surface area contributed by atoms with Crippen LogP contribution in [0.1, 0.15) is 17.5 Å². The number of nitrogens with zero attached hydrogens (tertiary/aromatic N) is 1. The Labute approximate surface area is 150 Å². The van der Waals surface area contributed by atoms with E-state index >= 15 is 0 Å². The van der Waals surface area contributed by atoms with Gasteiger partial charge < -0.3 is 5.32 Å². The number of halogens is 2. The van der Waals surface area contributed by atoms with Crippen molar-refractivity contribution in [3.05, 3.63) is 57.6 Å². The maximum Gasteiger partial charge on any atom is 0.256 e. The molecule has 124 valence electrons. The third kappa shape index (κ3) is 2.99. The van der Waals surface area contributed by atoms with E-state index in [0.717, 1.165) is 16.2 Å². The summed E-state index contributed by atoms with van der Waals surface area (Å²) in [6.45, 7) is 4.02. The van der Waals surface area contributed by atoms with Gasteiger partial charge in [-0.3, -0.25) is 9.59 Å². The fourth-order valence-electron chi connectivity index (χ4n) is 2.70. The molecule has 0 bridgehead atoms. The molecule has 1 fully saturated rings. The molecule has 0 aromatic heterocycles. The summed E-state index contributed by atoms with van der Waals surface area (Å²) in [5.41, 5.74) is 3.42. The van der Waals surface area contributed by atoms with Crippen LogP contribution >= 0.6 is 23.2 Å². The van der Waals surface area contributed by atoms with Crippen molar-refractivity contribution in [1.82, 2.24) is 0 Å². The number of imide groups is 1. The van der Waals surface area contributed by atoms with Crippen molar-refractivity contribution in [2.45, 2.75) is 26.3 Å². The standard InChI is InChI=1S/C18H16Cl2N2O2/c1-10-6-7-12(8-11(10)2)21-14-9-16(23)22(18(14)24)15-5-3-4-13(19)17(15)20/h3-8,14,21H,9H2,1-2H3. The van der Waals surface area contributed by atoms with Crippen molar-refractivity contribution in [2.75, 3.05) is 10.2 Å². The predicted octanol–water partition coefficient (Wildman–Crippen LogP) is 4.35. The second kappa shape index (κ2) is 6.46. The second-order valence-corrected chi connectivity index (χ2v) is 6.63. The summed E-state index contributed by atoms with van der Waals surface area (Å²) in [7, 11) is 0. The molecule has 1 aliphatic rings. The summed E-state index contributed by atoms with van der Waals surface area (Å²) in [4.78, 5) is 26.1. The first kappa shape index (κ1) is 16.8. The summed E-state index contributed by atoms with van der Waals surface area (Å²) < 4.78 is 0. The van der Waals surface area contributed by atoms with Crippen LogP contribution in [0.25, 0.3) is 0 Å². The predicted molar refractivity (Wildman–Crippen MR) is 96.9 cm³/mol. The Morgan fingerprint density at radius 1 is 1.08 bits per heavy atom. The number of benzene rings is 2. The van der Waals surface area contributed by atoms with Gasteiger partial charge in [0.2, 0.25) is 5.91 Å². The zero-order valence-electron chi connectivity index (χ0n) is 13.3. The average Bonchev–Trinajstić information content (AvgIpc) is 2.80. The summed E-state index contributed by atoms with van der Waals surface area (Å²) >= 11 is 12.1. The first-order valence-electron chi connectivity index (χ1n) is 7.53. The highest BCUT2D eigenvalue weighted by molar-refractivity contribution is 6.45. The van der Waals surface area contributed by atoms with Crippen LogP contribution in [0.4, 0.5) is 11.4 Å². The van der Waals surface area contributed by atoms with E-state index in [4.69, 9.17) is 23.2 Å². The lowest BCUT2D eigenvalue weighted by atomic mass is 10.1. The number of carbonyl (C=O) groups excluding carboxylic acids is 2. The van der Waals surface area contributed by atoms with E-state index < -0.39 is 6.04 Å². The van der Waals surface area contributed by atoms with E-state index in [-0.39, 0.29) is 23.3 Å². The van der Waals surface area contributed by atoms with Crippen LogP contribution in [0, 0.1) is 13.8 Å². The number of hydrogen-bond donors (Lipinski definition) is 1. The van der Waals surface area contributed by atoms with Crippen molar-refractivity contribution in [3.63, 3.8) is 0 Å². The molecule has 0 aliphatic carbocycles. The number of carbonyl (C=O) groups is 2. The Hall–Kier alpha value is -2.04. The van der Waals surface area contributed by atoms with Crippen molar-refractivity contribution < 1.29 is 9.59 Å². The molecule has 1 N–H and O–H groups in total. The zero-order valence-corrected chi connectivity index (χ0v) is 14.8. The van der Waals surface area contributed by atoms with E-state index in [1.54, 1.807) is 18.2 Å². The number of amides is 2. The Morgan fingerprint density at radius 3 is 2.54 bits per heavy atom. The van der Waals surface area contributed by atoms with Crippen molar-refractivity contribution >= 4 is 46.4 Å². The van der Waals surface area contributed by atoms with Gasteiger partial charge in [-0.25, -0.2) is 4.90 Å². The van der Waals surface area contributed by atoms with Gasteiger partial charge >= 0.3 is 0 Å². The largest absolute Gasteiger partial charge is 0.373 e. The number of nitrogens with one attached hydrogen (secondary N) is 1. The molecule has 2 amide bonds. The number of hydrogen-bond acceptors (Lipinski definition) is 3. The van der Waals surface area contributed by atoms with Gasteiger partial charge in [0.15, 0.2) is 0 Å². The van der Waals surface area contributed by atoms with E-state index in [0.29, 0.717) is 10.7 Å². The maximum absolute atomic E-state index is 12.7. The zero-order chi connectivity index (χ0) is 17.4. The molecule has 3 rings (SSSR count). The average molecular weight is 363 g/mol. The van der Waals surface area contributed by atoms with Gasteiger partial charge in [-0.1, -0.05) is 35.3 Å². The third-order valence-electron chi connectivity index (χ3n) is 4.17. The monoisotopic (exact) mass is 362 g/mol. The summed E-state index contributed by atoms with van der Waals surface area (Å²) in [6.07, 6.45) is 0.0780. The molecule has 0 spiro atoms. The fraction of sp³-hybridized carbons (Fsp3) is 0.222. The molecule has 1 unspecified atom stereocenters. The molecule has 4 nitrogen and oxygen atoms in total. The number of anilines is 2. The smallest absolute Gasteiger partial charge is 0.256 e. The van der Waals surface area contributed by atoms with Crippen molar-refractivity contribution in [1.29, 1.82) is 0 Å². The van der Waals surface area contributed by atoms with E-state index in [9.17, 15) is 9.59 Å². The second-order valence-electron chi connectivity index (χ2n) is 5.84. The van der Waals surface area contributed by atoms with E-state index in [2.05, 4.69) is 5.32 Å². The molecule has 0 saturated carbocycles. The first-order chi connectivity index (χ1) is 11.4. The molecule has 1 aliphatic heterocycles. The Kier molecular flexibility index (Phi) is 4.52. The highest BCUT2D eigenvalue weighted by atomic mass is 35.5. The molecule has 24 heavy (non-hydrogen) atoms. The molecule has 6 heteroatoms. The summed E-state index contributed by atoms with van der Waals surface area (Å²) in [5.74, 6) is -0.632. The molecular formula is C18H16Cl2N2O2. The van der Waals surface area contributed by atoms with Gasteiger partial charge in [-0.05, 0) is 49.2 Å². The van der Waals surface area contributed by atoms with Crippen LogP contribution in [0.3, 0.4) is 0 Å². The molecule has 2 aromatic rings. The van der Waals surface area contributed by atoms with Crippen LogP contribution in [-0.2, 0) is 9.59 Å². The Morgan fingerprint density at radius 2 is 1.83 bits per heavy atom.